The summed E-state index contributed by atoms with van der Waals surface area (Å²) in [6, 6.07) is 3.74. The van der Waals surface area contributed by atoms with E-state index >= 15 is 0 Å². The molecule has 0 bridgehead atoms. The summed E-state index contributed by atoms with van der Waals surface area (Å²) in [5.74, 6) is -0.209. The molecule has 9 heteroatoms. The van der Waals surface area contributed by atoms with Crippen molar-refractivity contribution in [2.45, 2.75) is 42.9 Å². The number of carbonyl (C=O) groups is 2. The van der Waals surface area contributed by atoms with E-state index in [4.69, 9.17) is 5.11 Å². The van der Waals surface area contributed by atoms with Crippen molar-refractivity contribution in [1.29, 1.82) is 0 Å². The number of carbonyl (C=O) groups excluding carboxylic acids is 1. The Labute approximate surface area is 172 Å². The molecule has 1 N–H and O–H groups in total. The smallest absolute Gasteiger partial charge is 0.330 e. The van der Waals surface area contributed by atoms with Gasteiger partial charge in [0.1, 0.15) is 0 Å². The molecular formula is C19H24N4O3S2. The summed E-state index contributed by atoms with van der Waals surface area (Å²) >= 11 is 2.53. The molecule has 0 saturated heterocycles. The monoisotopic (exact) mass is 420 g/mol. The van der Waals surface area contributed by atoms with E-state index < -0.39 is 5.97 Å². The second kappa shape index (κ2) is 9.38. The maximum Gasteiger partial charge on any atom is 0.330 e. The van der Waals surface area contributed by atoms with Crippen LogP contribution >= 0.6 is 23.1 Å². The first kappa shape index (κ1) is 20.6. The molecule has 28 heavy (non-hydrogen) atoms. The summed E-state index contributed by atoms with van der Waals surface area (Å²) in [7, 11) is 1.71. The van der Waals surface area contributed by atoms with Crippen LogP contribution in [0.15, 0.2) is 34.9 Å². The molecule has 0 atom stereocenters. The highest BCUT2D eigenvalue weighted by atomic mass is 32.2. The molecule has 1 aliphatic carbocycles. The van der Waals surface area contributed by atoms with Gasteiger partial charge < -0.3 is 5.11 Å². The van der Waals surface area contributed by atoms with E-state index in [1.165, 1.54) is 23.1 Å². The zero-order valence-corrected chi connectivity index (χ0v) is 17.6. The maximum absolute atomic E-state index is 13.4. The number of thiazole rings is 1. The Hall–Kier alpha value is -2.13. The van der Waals surface area contributed by atoms with Crippen LogP contribution in [0.3, 0.4) is 0 Å². The molecule has 2 aromatic rings. The minimum absolute atomic E-state index is 0.0251. The Bertz CT molecular complexity index is 807. The summed E-state index contributed by atoms with van der Waals surface area (Å²) in [5.41, 5.74) is 0.837. The fourth-order valence-electron chi connectivity index (χ4n) is 3.33. The number of amides is 2. The third-order valence-corrected chi connectivity index (χ3v) is 7.13. The summed E-state index contributed by atoms with van der Waals surface area (Å²) in [6.45, 7) is 2.26. The van der Waals surface area contributed by atoms with E-state index in [0.717, 1.165) is 35.6 Å². The van der Waals surface area contributed by atoms with Gasteiger partial charge in [-0.2, -0.15) is 0 Å². The van der Waals surface area contributed by atoms with E-state index in [0.29, 0.717) is 11.0 Å². The number of urea groups is 1. The van der Waals surface area contributed by atoms with Crippen LogP contribution in [0, 0.1) is 5.92 Å². The van der Waals surface area contributed by atoms with Crippen LogP contribution in [0.5, 0.6) is 0 Å². The van der Waals surface area contributed by atoms with Crippen molar-refractivity contribution >= 4 is 45.9 Å². The summed E-state index contributed by atoms with van der Waals surface area (Å²) < 4.78 is 0.777. The number of aromatic nitrogens is 2. The third-order valence-electron chi connectivity index (χ3n) is 4.88. The summed E-state index contributed by atoms with van der Waals surface area (Å²) in [5, 5.41) is 9.38. The molecule has 1 fully saturated rings. The molecule has 2 heterocycles. The van der Waals surface area contributed by atoms with E-state index in [1.54, 1.807) is 30.5 Å². The van der Waals surface area contributed by atoms with Gasteiger partial charge in [-0.25, -0.2) is 9.78 Å². The highest BCUT2D eigenvalue weighted by Gasteiger charge is 2.31. The van der Waals surface area contributed by atoms with Crippen LogP contribution in [0.2, 0.25) is 0 Å². The first-order valence-corrected chi connectivity index (χ1v) is 11.0. The number of rotatable bonds is 6. The molecule has 2 aromatic heterocycles. The molecule has 7 nitrogen and oxygen atoms in total. The average molecular weight is 421 g/mol. The lowest BCUT2D eigenvalue weighted by molar-refractivity contribution is -0.133. The van der Waals surface area contributed by atoms with Gasteiger partial charge in [0, 0.05) is 31.2 Å². The molecule has 150 valence electrons. The predicted molar refractivity (Wildman–Crippen MR) is 112 cm³/mol. The maximum atomic E-state index is 13.4. The van der Waals surface area contributed by atoms with Crippen molar-refractivity contribution in [3.05, 3.63) is 30.7 Å². The molecule has 0 aromatic carbocycles. The number of thioether (sulfide) groups is 1. The standard InChI is InChI=1S/C19H24N4O3S2/c1-13-3-5-14(6-4-13)23(15-7-9-20-10-8-15)19(26)22(2)18-21-11-17(28-18)27-12-16(24)25/h7-11,13-14H,3-6,12H2,1-2H3,(H,24,25). The van der Waals surface area contributed by atoms with Crippen LogP contribution in [-0.4, -0.2) is 45.9 Å². The van der Waals surface area contributed by atoms with Crippen LogP contribution in [0.1, 0.15) is 32.6 Å². The number of aliphatic carboxylic acids is 1. The topological polar surface area (TPSA) is 86.6 Å². The van der Waals surface area contributed by atoms with E-state index in [9.17, 15) is 9.59 Å². The minimum atomic E-state index is -0.875. The van der Waals surface area contributed by atoms with Crippen LogP contribution in [-0.2, 0) is 4.79 Å². The fourth-order valence-corrected chi connectivity index (χ4v) is 4.97. The van der Waals surface area contributed by atoms with Crippen molar-refractivity contribution < 1.29 is 14.7 Å². The summed E-state index contributed by atoms with van der Waals surface area (Å²) in [6.07, 6.45) is 9.18. The normalized spacial score (nSPS) is 19.2. The Morgan fingerprint density at radius 1 is 1.25 bits per heavy atom. The minimum Gasteiger partial charge on any atom is -0.481 e. The lowest BCUT2D eigenvalue weighted by Gasteiger charge is -2.37. The first-order valence-electron chi connectivity index (χ1n) is 9.23. The predicted octanol–water partition coefficient (Wildman–Crippen LogP) is 4.36. The van der Waals surface area contributed by atoms with Gasteiger partial charge in [0.25, 0.3) is 0 Å². The van der Waals surface area contributed by atoms with Gasteiger partial charge in [0.15, 0.2) is 5.13 Å². The van der Waals surface area contributed by atoms with Crippen molar-refractivity contribution in [3.8, 4) is 0 Å². The second-order valence-corrected chi connectivity index (χ2v) is 9.26. The van der Waals surface area contributed by atoms with Crippen LogP contribution < -0.4 is 9.80 Å². The van der Waals surface area contributed by atoms with Gasteiger partial charge in [-0.05, 0) is 43.7 Å². The second-order valence-electron chi connectivity index (χ2n) is 6.97. The number of hydrogen-bond donors (Lipinski definition) is 1. The van der Waals surface area contributed by atoms with E-state index in [1.807, 2.05) is 17.0 Å². The highest BCUT2D eigenvalue weighted by Crippen LogP contribution is 2.34. The number of pyridine rings is 1. The Morgan fingerprint density at radius 2 is 1.93 bits per heavy atom. The van der Waals surface area contributed by atoms with Crippen molar-refractivity contribution in [2.24, 2.45) is 5.92 Å². The molecule has 2 amide bonds. The highest BCUT2D eigenvalue weighted by molar-refractivity contribution is 8.01. The molecule has 3 rings (SSSR count). The SMILES string of the molecule is CC1CCC(N(C(=O)N(C)c2ncc(SCC(=O)O)s2)c2ccncc2)CC1. The zero-order chi connectivity index (χ0) is 20.1. The van der Waals surface area contributed by atoms with Gasteiger partial charge in [-0.1, -0.05) is 18.3 Å². The van der Waals surface area contributed by atoms with Crippen molar-refractivity contribution in [3.63, 3.8) is 0 Å². The molecule has 0 radical (unpaired) electrons. The first-order chi connectivity index (χ1) is 13.5. The van der Waals surface area contributed by atoms with E-state index in [2.05, 4.69) is 16.9 Å². The molecule has 0 spiro atoms. The number of nitrogens with zero attached hydrogens (tertiary/aromatic N) is 4. The Balaban J connectivity index is 1.79. The quantitative estimate of drug-likeness (QED) is 0.699. The number of carboxylic acid groups (broad SMARTS) is 1. The van der Waals surface area contributed by atoms with Crippen LogP contribution in [0.4, 0.5) is 15.6 Å². The third kappa shape index (κ3) is 5.02. The largest absolute Gasteiger partial charge is 0.481 e. The van der Waals surface area contributed by atoms with Gasteiger partial charge >= 0.3 is 12.0 Å². The zero-order valence-electron chi connectivity index (χ0n) is 15.9. The Morgan fingerprint density at radius 3 is 2.57 bits per heavy atom. The van der Waals surface area contributed by atoms with Gasteiger partial charge in [0.05, 0.1) is 16.2 Å². The lowest BCUT2D eigenvalue weighted by atomic mass is 9.86. The fraction of sp³-hybridized carbons (Fsp3) is 0.474. The van der Waals surface area contributed by atoms with Gasteiger partial charge in [-0.15, -0.1) is 11.8 Å². The average Bonchev–Trinajstić information content (AvgIpc) is 3.17. The van der Waals surface area contributed by atoms with Gasteiger partial charge in [0.2, 0.25) is 0 Å². The molecule has 1 aliphatic rings. The van der Waals surface area contributed by atoms with Crippen molar-refractivity contribution in [1.82, 2.24) is 9.97 Å². The molecule has 0 aliphatic heterocycles. The number of hydrogen-bond acceptors (Lipinski definition) is 6. The van der Waals surface area contributed by atoms with E-state index in [-0.39, 0.29) is 17.8 Å². The number of anilines is 2. The lowest BCUT2D eigenvalue weighted by Crippen LogP contribution is -2.48. The summed E-state index contributed by atoms with van der Waals surface area (Å²) in [4.78, 5) is 36.0. The number of carboxylic acids is 1. The molecule has 0 unspecified atom stereocenters. The van der Waals surface area contributed by atoms with Crippen LogP contribution in [0.25, 0.3) is 0 Å². The Kier molecular flexibility index (Phi) is 6.90. The van der Waals surface area contributed by atoms with Gasteiger partial charge in [-0.3, -0.25) is 19.6 Å². The van der Waals surface area contributed by atoms with Crippen molar-refractivity contribution in [2.75, 3.05) is 22.6 Å². The molecule has 1 saturated carbocycles. The molecular weight excluding hydrogens is 396 g/mol.